The number of aliphatic hydroxyl groups is 1. The molecule has 0 aliphatic carbocycles. The third-order valence-electron chi connectivity index (χ3n) is 2.90. The van der Waals surface area contributed by atoms with Crippen LogP contribution in [-0.4, -0.2) is 34.7 Å². The van der Waals surface area contributed by atoms with Gasteiger partial charge in [-0.15, -0.1) is 0 Å². The molecule has 2 heterocycles. The molecule has 1 aromatic heterocycles. The zero-order valence-corrected chi connectivity index (χ0v) is 9.59. The number of rotatable bonds is 3. The Kier molecular flexibility index (Phi) is 3.74. The molecule has 0 unspecified atom stereocenters. The Bertz CT molecular complexity index is 365. The van der Waals surface area contributed by atoms with Gasteiger partial charge in [0, 0.05) is 37.9 Å². The van der Waals surface area contributed by atoms with Gasteiger partial charge in [0.1, 0.15) is 0 Å². The lowest BCUT2D eigenvalue weighted by atomic mass is 9.94. The van der Waals surface area contributed by atoms with E-state index in [4.69, 9.17) is 9.84 Å². The summed E-state index contributed by atoms with van der Waals surface area (Å²) in [6.45, 7) is 1.72. The van der Waals surface area contributed by atoms with Crippen LogP contribution in [0.2, 0.25) is 0 Å². The first-order valence-corrected chi connectivity index (χ1v) is 5.70. The average molecular weight is 222 g/mol. The number of nitrogens with zero attached hydrogens (tertiary/aromatic N) is 2. The van der Waals surface area contributed by atoms with Crippen molar-refractivity contribution in [1.82, 2.24) is 9.78 Å². The molecular formula is C12H18N2O2. The highest BCUT2D eigenvalue weighted by atomic mass is 16.5. The Labute approximate surface area is 95.5 Å². The maximum atomic E-state index is 8.80. The third-order valence-corrected chi connectivity index (χ3v) is 2.90. The Morgan fingerprint density at radius 3 is 3.00 bits per heavy atom. The van der Waals surface area contributed by atoms with Crippen LogP contribution in [0.4, 0.5) is 0 Å². The SMILES string of the molecule is Cn1cc(/C=C/CO)c(C2CCOCC2)n1. The molecular weight excluding hydrogens is 204 g/mol. The number of aliphatic hydroxyl groups excluding tert-OH is 1. The van der Waals surface area contributed by atoms with Crippen molar-refractivity contribution in [3.05, 3.63) is 23.5 Å². The summed E-state index contributed by atoms with van der Waals surface area (Å²) in [6.07, 6.45) is 7.77. The summed E-state index contributed by atoms with van der Waals surface area (Å²) in [4.78, 5) is 0. The molecule has 0 bridgehead atoms. The zero-order valence-electron chi connectivity index (χ0n) is 9.59. The van der Waals surface area contributed by atoms with Crippen molar-refractivity contribution in [3.8, 4) is 0 Å². The molecule has 1 fully saturated rings. The van der Waals surface area contributed by atoms with Crippen LogP contribution in [0.25, 0.3) is 6.08 Å². The van der Waals surface area contributed by atoms with E-state index in [1.807, 2.05) is 24.0 Å². The van der Waals surface area contributed by atoms with Gasteiger partial charge in [0.05, 0.1) is 12.3 Å². The molecule has 1 saturated heterocycles. The van der Waals surface area contributed by atoms with Gasteiger partial charge in [-0.25, -0.2) is 0 Å². The first-order chi connectivity index (χ1) is 7.81. The van der Waals surface area contributed by atoms with Gasteiger partial charge in [-0.1, -0.05) is 12.2 Å². The van der Waals surface area contributed by atoms with Gasteiger partial charge >= 0.3 is 0 Å². The second-order valence-corrected chi connectivity index (χ2v) is 4.11. The van der Waals surface area contributed by atoms with Crippen molar-refractivity contribution < 1.29 is 9.84 Å². The van der Waals surface area contributed by atoms with Crippen LogP contribution in [0.15, 0.2) is 12.3 Å². The summed E-state index contributed by atoms with van der Waals surface area (Å²) < 4.78 is 7.19. The van der Waals surface area contributed by atoms with Crippen molar-refractivity contribution in [2.45, 2.75) is 18.8 Å². The number of hydrogen-bond donors (Lipinski definition) is 1. The minimum absolute atomic E-state index is 0.0715. The van der Waals surface area contributed by atoms with Crippen molar-refractivity contribution in [2.75, 3.05) is 19.8 Å². The minimum atomic E-state index is 0.0715. The lowest BCUT2D eigenvalue weighted by Gasteiger charge is -2.20. The molecule has 1 N–H and O–H groups in total. The Balaban J connectivity index is 2.20. The molecule has 1 aliphatic heterocycles. The van der Waals surface area contributed by atoms with Crippen molar-refractivity contribution in [1.29, 1.82) is 0 Å². The largest absolute Gasteiger partial charge is 0.392 e. The monoisotopic (exact) mass is 222 g/mol. The van der Waals surface area contributed by atoms with E-state index in [1.54, 1.807) is 6.08 Å². The Morgan fingerprint density at radius 1 is 1.56 bits per heavy atom. The normalized spacial score (nSPS) is 18.4. The van der Waals surface area contributed by atoms with Crippen LogP contribution in [0, 0.1) is 0 Å². The second-order valence-electron chi connectivity index (χ2n) is 4.11. The van der Waals surface area contributed by atoms with E-state index in [-0.39, 0.29) is 6.61 Å². The quantitative estimate of drug-likeness (QED) is 0.839. The third kappa shape index (κ3) is 2.51. The predicted octanol–water partition coefficient (Wildman–Crippen LogP) is 1.32. The lowest BCUT2D eigenvalue weighted by molar-refractivity contribution is 0.0843. The number of aromatic nitrogens is 2. The van der Waals surface area contributed by atoms with Crippen molar-refractivity contribution in [2.24, 2.45) is 7.05 Å². The number of ether oxygens (including phenoxy) is 1. The van der Waals surface area contributed by atoms with Gasteiger partial charge in [-0.2, -0.15) is 5.10 Å². The van der Waals surface area contributed by atoms with E-state index >= 15 is 0 Å². The van der Waals surface area contributed by atoms with Gasteiger partial charge < -0.3 is 9.84 Å². The van der Waals surface area contributed by atoms with Gasteiger partial charge in [0.25, 0.3) is 0 Å². The highest BCUT2D eigenvalue weighted by Crippen LogP contribution is 2.28. The molecule has 88 valence electrons. The van der Waals surface area contributed by atoms with Crippen molar-refractivity contribution >= 4 is 6.08 Å². The zero-order chi connectivity index (χ0) is 11.4. The topological polar surface area (TPSA) is 47.3 Å². The molecule has 1 aromatic rings. The van der Waals surface area contributed by atoms with Crippen molar-refractivity contribution in [3.63, 3.8) is 0 Å². The van der Waals surface area contributed by atoms with E-state index < -0.39 is 0 Å². The second kappa shape index (κ2) is 5.27. The average Bonchev–Trinajstić information content (AvgIpc) is 2.69. The molecule has 0 saturated carbocycles. The summed E-state index contributed by atoms with van der Waals surface area (Å²) in [5, 5.41) is 13.3. The van der Waals surface area contributed by atoms with Gasteiger partial charge in [0.15, 0.2) is 0 Å². The van der Waals surface area contributed by atoms with Crippen LogP contribution in [0.1, 0.15) is 30.0 Å². The van der Waals surface area contributed by atoms with Gasteiger partial charge in [-0.3, -0.25) is 4.68 Å². The molecule has 2 rings (SSSR count). The molecule has 16 heavy (non-hydrogen) atoms. The molecule has 0 aromatic carbocycles. The first-order valence-electron chi connectivity index (χ1n) is 5.70. The van der Waals surface area contributed by atoms with Crippen LogP contribution in [0.5, 0.6) is 0 Å². The predicted molar refractivity (Wildman–Crippen MR) is 62.1 cm³/mol. The lowest BCUT2D eigenvalue weighted by Crippen LogP contribution is -2.15. The Hall–Kier alpha value is -1.13. The summed E-state index contributed by atoms with van der Waals surface area (Å²) in [7, 11) is 1.93. The summed E-state index contributed by atoms with van der Waals surface area (Å²) in [5.74, 6) is 0.494. The summed E-state index contributed by atoms with van der Waals surface area (Å²) in [6, 6.07) is 0. The van der Waals surface area contributed by atoms with Gasteiger partial charge in [0.2, 0.25) is 0 Å². The smallest absolute Gasteiger partial charge is 0.0729 e. The highest BCUT2D eigenvalue weighted by molar-refractivity contribution is 5.52. The standard InChI is InChI=1S/C12H18N2O2/c1-14-9-11(3-2-6-15)12(13-14)10-4-7-16-8-5-10/h2-3,9-10,15H,4-8H2,1H3/b3-2+. The highest BCUT2D eigenvalue weighted by Gasteiger charge is 2.20. The van der Waals surface area contributed by atoms with E-state index in [0.717, 1.165) is 37.3 Å². The van der Waals surface area contributed by atoms with E-state index in [1.165, 1.54) is 0 Å². The Morgan fingerprint density at radius 2 is 2.31 bits per heavy atom. The van der Waals surface area contributed by atoms with Crippen LogP contribution >= 0.6 is 0 Å². The fourth-order valence-electron chi connectivity index (χ4n) is 2.12. The molecule has 4 heteroatoms. The van der Waals surface area contributed by atoms with Crippen LogP contribution < -0.4 is 0 Å². The van der Waals surface area contributed by atoms with Crippen LogP contribution in [0.3, 0.4) is 0 Å². The fraction of sp³-hybridized carbons (Fsp3) is 0.583. The molecule has 4 nitrogen and oxygen atoms in total. The molecule has 0 atom stereocenters. The molecule has 0 amide bonds. The fourth-order valence-corrected chi connectivity index (χ4v) is 2.12. The summed E-state index contributed by atoms with van der Waals surface area (Å²) in [5.41, 5.74) is 2.25. The first kappa shape index (κ1) is 11.4. The van der Waals surface area contributed by atoms with E-state index in [0.29, 0.717) is 5.92 Å². The molecule has 1 aliphatic rings. The van der Waals surface area contributed by atoms with E-state index in [9.17, 15) is 0 Å². The van der Waals surface area contributed by atoms with Gasteiger partial charge in [-0.05, 0) is 12.8 Å². The van der Waals surface area contributed by atoms with E-state index in [2.05, 4.69) is 5.10 Å². The molecule has 0 radical (unpaired) electrons. The number of hydrogen-bond acceptors (Lipinski definition) is 3. The number of aryl methyl sites for hydroxylation is 1. The maximum absolute atomic E-state index is 8.80. The minimum Gasteiger partial charge on any atom is -0.392 e. The summed E-state index contributed by atoms with van der Waals surface area (Å²) >= 11 is 0. The van der Waals surface area contributed by atoms with Crippen LogP contribution in [-0.2, 0) is 11.8 Å². The molecule has 0 spiro atoms. The maximum Gasteiger partial charge on any atom is 0.0729 e.